The topological polar surface area (TPSA) is 79.8 Å². The van der Waals surface area contributed by atoms with E-state index < -0.39 is 5.60 Å². The fourth-order valence-electron chi connectivity index (χ4n) is 2.86. The van der Waals surface area contributed by atoms with Gasteiger partial charge < -0.3 is 15.5 Å². The third-order valence-corrected chi connectivity index (χ3v) is 5.12. The molecule has 1 aromatic carbocycles. The lowest BCUT2D eigenvalue weighted by molar-refractivity contribution is -0.135. The quantitative estimate of drug-likeness (QED) is 0.845. The van der Waals surface area contributed by atoms with Crippen LogP contribution in [0.5, 0.6) is 0 Å². The number of rotatable bonds is 5. The number of carbonyl (C=O) groups excluding carboxylic acids is 2. The van der Waals surface area contributed by atoms with Gasteiger partial charge in [-0.15, -0.1) is 0 Å². The minimum absolute atomic E-state index is 0.216. The molecule has 4 rings (SSSR count). The van der Waals surface area contributed by atoms with E-state index >= 15 is 0 Å². The third kappa shape index (κ3) is 3.49. The first kappa shape index (κ1) is 16.4. The summed E-state index contributed by atoms with van der Waals surface area (Å²) in [4.78, 5) is 30.3. The second kappa shape index (κ2) is 6.02. The molecule has 2 N–H and O–H groups in total. The molecule has 0 aromatic heterocycles. The Morgan fingerprint density at radius 1 is 1.28 bits per heavy atom. The first-order valence-corrected chi connectivity index (χ1v) is 8.99. The minimum Gasteiger partial charge on any atom is -0.379 e. The first-order chi connectivity index (χ1) is 11.9. The number of halogens is 1. The number of anilines is 1. The van der Waals surface area contributed by atoms with Gasteiger partial charge in [-0.2, -0.15) is 0 Å². The number of nitrogens with zero attached hydrogens (tertiary/aromatic N) is 1. The second-order valence-corrected chi connectivity index (χ2v) is 7.66. The number of hydrogen-bond acceptors (Lipinski definition) is 4. The smallest absolute Gasteiger partial charge is 0.271 e. The maximum absolute atomic E-state index is 12.6. The zero-order chi connectivity index (χ0) is 17.6. The third-order valence-electron chi connectivity index (χ3n) is 4.79. The Kier molecular flexibility index (Phi) is 3.95. The Morgan fingerprint density at radius 2 is 2.04 bits per heavy atom. The number of benzene rings is 1. The molecule has 0 saturated heterocycles. The van der Waals surface area contributed by atoms with Gasteiger partial charge in [0.25, 0.3) is 11.8 Å². The van der Waals surface area contributed by atoms with Crippen molar-refractivity contribution in [3.63, 3.8) is 0 Å². The molecule has 2 fully saturated rings. The number of amides is 2. The van der Waals surface area contributed by atoms with Gasteiger partial charge in [-0.25, -0.2) is 0 Å². The van der Waals surface area contributed by atoms with Gasteiger partial charge in [-0.1, -0.05) is 16.8 Å². The summed E-state index contributed by atoms with van der Waals surface area (Å²) in [5.41, 5.74) is 0.839. The molecule has 2 amide bonds. The van der Waals surface area contributed by atoms with Gasteiger partial charge in [0.2, 0.25) is 5.60 Å². The Balaban J connectivity index is 1.45. The van der Waals surface area contributed by atoms with Crippen molar-refractivity contribution < 1.29 is 14.4 Å². The van der Waals surface area contributed by atoms with E-state index in [1.54, 1.807) is 25.1 Å². The van der Waals surface area contributed by atoms with Crippen LogP contribution < -0.4 is 10.6 Å². The van der Waals surface area contributed by atoms with Gasteiger partial charge in [0.15, 0.2) is 0 Å². The van der Waals surface area contributed by atoms with Gasteiger partial charge in [-0.3, -0.25) is 9.59 Å². The van der Waals surface area contributed by atoms with Crippen LogP contribution in [0.25, 0.3) is 0 Å². The van der Waals surface area contributed by atoms with Crippen LogP contribution >= 0.6 is 11.6 Å². The summed E-state index contributed by atoms with van der Waals surface area (Å²) in [6, 6.07) is 5.13. The lowest BCUT2D eigenvalue weighted by Crippen LogP contribution is -2.40. The molecule has 1 aromatic rings. The van der Waals surface area contributed by atoms with Crippen molar-refractivity contribution in [1.29, 1.82) is 0 Å². The lowest BCUT2D eigenvalue weighted by atomic mass is 9.96. The molecule has 1 unspecified atom stereocenters. The predicted octanol–water partition coefficient (Wildman–Crippen LogP) is 3.12. The molecular formula is C18H20ClN3O3. The standard InChI is InChI=1S/C18H20ClN3O3/c1-18(9-15(22-25-18)10-2-3-10)17(24)21-12-6-7-14(19)13(8-12)16(23)20-11-4-5-11/h6-8,10-11H,2-5,9H2,1H3,(H,20,23)(H,21,24). The average Bonchev–Trinajstić information content (AvgIpc) is 3.50. The Morgan fingerprint density at radius 3 is 2.72 bits per heavy atom. The molecule has 132 valence electrons. The molecule has 25 heavy (non-hydrogen) atoms. The summed E-state index contributed by atoms with van der Waals surface area (Å²) >= 11 is 6.13. The van der Waals surface area contributed by atoms with Gasteiger partial charge in [0.05, 0.1) is 16.3 Å². The molecule has 0 spiro atoms. The van der Waals surface area contributed by atoms with Gasteiger partial charge in [0, 0.05) is 24.1 Å². The van der Waals surface area contributed by atoms with Crippen LogP contribution in [0.3, 0.4) is 0 Å². The number of oxime groups is 1. The average molecular weight is 362 g/mol. The van der Waals surface area contributed by atoms with Crippen LogP contribution in [0.4, 0.5) is 5.69 Å². The summed E-state index contributed by atoms with van der Waals surface area (Å²) in [7, 11) is 0. The van der Waals surface area contributed by atoms with Crippen molar-refractivity contribution in [2.45, 2.75) is 50.7 Å². The fourth-order valence-corrected chi connectivity index (χ4v) is 3.06. The van der Waals surface area contributed by atoms with Crippen molar-refractivity contribution in [2.75, 3.05) is 5.32 Å². The van der Waals surface area contributed by atoms with Crippen LogP contribution in [0.1, 0.15) is 49.4 Å². The van der Waals surface area contributed by atoms with Crippen LogP contribution in [-0.4, -0.2) is 29.2 Å². The highest BCUT2D eigenvalue weighted by Gasteiger charge is 2.45. The van der Waals surface area contributed by atoms with Crippen molar-refractivity contribution in [3.05, 3.63) is 28.8 Å². The highest BCUT2D eigenvalue weighted by molar-refractivity contribution is 6.34. The van der Waals surface area contributed by atoms with E-state index in [0.717, 1.165) is 31.4 Å². The SMILES string of the molecule is CC1(C(=O)Nc2ccc(Cl)c(C(=O)NC3CC3)c2)CC(C2CC2)=NO1. The Hall–Kier alpha value is -2.08. The molecular weight excluding hydrogens is 342 g/mol. The van der Waals surface area contributed by atoms with E-state index in [4.69, 9.17) is 16.4 Å². The van der Waals surface area contributed by atoms with Crippen molar-refractivity contribution in [3.8, 4) is 0 Å². The maximum Gasteiger partial charge on any atom is 0.271 e. The summed E-state index contributed by atoms with van der Waals surface area (Å²) in [6.45, 7) is 1.73. The molecule has 6 nitrogen and oxygen atoms in total. The van der Waals surface area contributed by atoms with Gasteiger partial charge in [0.1, 0.15) is 0 Å². The highest BCUT2D eigenvalue weighted by Crippen LogP contribution is 2.38. The maximum atomic E-state index is 12.6. The molecule has 0 radical (unpaired) electrons. The Labute approximate surface area is 150 Å². The number of carbonyl (C=O) groups is 2. The molecule has 2 saturated carbocycles. The lowest BCUT2D eigenvalue weighted by Gasteiger charge is -2.20. The fraction of sp³-hybridized carbons (Fsp3) is 0.500. The number of nitrogens with one attached hydrogen (secondary N) is 2. The summed E-state index contributed by atoms with van der Waals surface area (Å²) in [5, 5.41) is 10.2. The van der Waals surface area contributed by atoms with E-state index in [1.807, 2.05) is 0 Å². The van der Waals surface area contributed by atoms with E-state index in [9.17, 15) is 9.59 Å². The normalized spacial score (nSPS) is 25.1. The summed E-state index contributed by atoms with van der Waals surface area (Å²) < 4.78 is 0. The molecule has 3 aliphatic rings. The van der Waals surface area contributed by atoms with Crippen LogP contribution in [0.2, 0.25) is 5.02 Å². The second-order valence-electron chi connectivity index (χ2n) is 7.25. The highest BCUT2D eigenvalue weighted by atomic mass is 35.5. The van der Waals surface area contributed by atoms with Crippen LogP contribution in [-0.2, 0) is 9.63 Å². The molecule has 1 heterocycles. The van der Waals surface area contributed by atoms with Crippen molar-refractivity contribution in [2.24, 2.45) is 11.1 Å². The largest absolute Gasteiger partial charge is 0.379 e. The molecule has 7 heteroatoms. The van der Waals surface area contributed by atoms with E-state index in [-0.39, 0.29) is 17.9 Å². The van der Waals surface area contributed by atoms with E-state index in [0.29, 0.717) is 28.6 Å². The zero-order valence-corrected chi connectivity index (χ0v) is 14.7. The van der Waals surface area contributed by atoms with Gasteiger partial charge in [-0.05, 0) is 50.8 Å². The molecule has 1 atom stereocenters. The first-order valence-electron chi connectivity index (χ1n) is 8.61. The monoisotopic (exact) mass is 361 g/mol. The van der Waals surface area contributed by atoms with Crippen LogP contribution in [0, 0.1) is 5.92 Å². The summed E-state index contributed by atoms with van der Waals surface area (Å²) in [6.07, 6.45) is 4.75. The van der Waals surface area contributed by atoms with E-state index in [1.165, 1.54) is 0 Å². The van der Waals surface area contributed by atoms with E-state index in [2.05, 4.69) is 15.8 Å². The van der Waals surface area contributed by atoms with Crippen molar-refractivity contribution >= 4 is 34.8 Å². The minimum atomic E-state index is -1.01. The summed E-state index contributed by atoms with van der Waals surface area (Å²) in [5.74, 6) is -0.0167. The Bertz CT molecular complexity index is 771. The predicted molar refractivity (Wildman–Crippen MR) is 94.8 cm³/mol. The zero-order valence-electron chi connectivity index (χ0n) is 14.0. The van der Waals surface area contributed by atoms with Crippen LogP contribution in [0.15, 0.2) is 23.4 Å². The van der Waals surface area contributed by atoms with Gasteiger partial charge >= 0.3 is 0 Å². The molecule has 1 aliphatic heterocycles. The molecule has 0 bridgehead atoms. The molecule has 2 aliphatic carbocycles. The number of hydrogen-bond donors (Lipinski definition) is 2. The van der Waals surface area contributed by atoms with Crippen molar-refractivity contribution in [1.82, 2.24) is 5.32 Å².